The molecule has 1 aliphatic heterocycles. The second-order valence-corrected chi connectivity index (χ2v) is 3.27. The molecule has 1 fully saturated rings. The van der Waals surface area contributed by atoms with E-state index in [1.807, 2.05) is 20.8 Å². The molecule has 10 heavy (non-hydrogen) atoms. The standard InChI is InChI=1S/C7H13NO2/c1-5-4-10-6(9)7(2,3)8-5/h5,8H,4H2,1-3H3/t5-/m0/s1. The van der Waals surface area contributed by atoms with Gasteiger partial charge in [-0.25, -0.2) is 0 Å². The van der Waals surface area contributed by atoms with Crippen molar-refractivity contribution >= 4 is 5.97 Å². The Morgan fingerprint density at radius 2 is 2.30 bits per heavy atom. The number of nitrogens with one attached hydrogen (secondary N) is 1. The Morgan fingerprint density at radius 3 is 2.70 bits per heavy atom. The molecule has 0 spiro atoms. The van der Waals surface area contributed by atoms with Crippen molar-refractivity contribution in [1.29, 1.82) is 0 Å². The summed E-state index contributed by atoms with van der Waals surface area (Å²) in [5.41, 5.74) is -0.502. The van der Waals surface area contributed by atoms with Crippen molar-refractivity contribution in [2.45, 2.75) is 32.4 Å². The highest BCUT2D eigenvalue weighted by atomic mass is 16.5. The fourth-order valence-corrected chi connectivity index (χ4v) is 1.10. The van der Waals surface area contributed by atoms with Gasteiger partial charge in [0.2, 0.25) is 0 Å². The number of ether oxygens (including phenoxy) is 1. The molecule has 1 aliphatic rings. The summed E-state index contributed by atoms with van der Waals surface area (Å²) >= 11 is 0. The number of esters is 1. The third kappa shape index (κ3) is 1.29. The van der Waals surface area contributed by atoms with Crippen molar-refractivity contribution in [3.05, 3.63) is 0 Å². The maximum atomic E-state index is 11.0. The van der Waals surface area contributed by atoms with Gasteiger partial charge in [0.25, 0.3) is 0 Å². The second kappa shape index (κ2) is 2.23. The minimum Gasteiger partial charge on any atom is -0.463 e. The Morgan fingerprint density at radius 1 is 1.70 bits per heavy atom. The summed E-state index contributed by atoms with van der Waals surface area (Å²) in [6.45, 7) is 6.13. The van der Waals surface area contributed by atoms with Crippen molar-refractivity contribution < 1.29 is 9.53 Å². The van der Waals surface area contributed by atoms with Crippen LogP contribution in [-0.2, 0) is 9.53 Å². The van der Waals surface area contributed by atoms with Gasteiger partial charge in [-0.1, -0.05) is 0 Å². The van der Waals surface area contributed by atoms with Crippen molar-refractivity contribution in [3.8, 4) is 0 Å². The van der Waals surface area contributed by atoms with Gasteiger partial charge in [0.1, 0.15) is 12.1 Å². The smallest absolute Gasteiger partial charge is 0.325 e. The molecule has 58 valence electrons. The molecule has 0 aromatic rings. The summed E-state index contributed by atoms with van der Waals surface area (Å²) in [7, 11) is 0. The lowest BCUT2D eigenvalue weighted by Gasteiger charge is -2.33. The third-order valence-corrected chi connectivity index (χ3v) is 1.58. The van der Waals surface area contributed by atoms with Crippen LogP contribution in [0.1, 0.15) is 20.8 Å². The first kappa shape index (κ1) is 7.54. The summed E-state index contributed by atoms with van der Waals surface area (Å²) in [5, 5.41) is 3.13. The molecule has 1 heterocycles. The molecular formula is C7H13NO2. The molecule has 0 aliphatic carbocycles. The Hall–Kier alpha value is -0.570. The molecular weight excluding hydrogens is 130 g/mol. The molecule has 0 aromatic heterocycles. The molecule has 1 saturated heterocycles. The summed E-state index contributed by atoms with van der Waals surface area (Å²) in [5.74, 6) is -0.161. The minimum absolute atomic E-state index is 0.161. The normalized spacial score (nSPS) is 31.5. The van der Waals surface area contributed by atoms with E-state index < -0.39 is 5.54 Å². The van der Waals surface area contributed by atoms with E-state index in [1.54, 1.807) is 0 Å². The lowest BCUT2D eigenvalue weighted by Crippen LogP contribution is -2.57. The Labute approximate surface area is 60.7 Å². The number of carbonyl (C=O) groups is 1. The van der Waals surface area contributed by atoms with Crippen LogP contribution < -0.4 is 5.32 Å². The van der Waals surface area contributed by atoms with E-state index in [0.29, 0.717) is 6.61 Å². The molecule has 1 atom stereocenters. The molecule has 3 heteroatoms. The molecule has 0 radical (unpaired) electrons. The number of hydrogen-bond acceptors (Lipinski definition) is 3. The zero-order chi connectivity index (χ0) is 7.78. The first-order valence-electron chi connectivity index (χ1n) is 3.47. The fourth-order valence-electron chi connectivity index (χ4n) is 1.10. The average molecular weight is 143 g/mol. The summed E-state index contributed by atoms with van der Waals surface area (Å²) < 4.78 is 4.90. The highest BCUT2D eigenvalue weighted by Gasteiger charge is 2.34. The summed E-state index contributed by atoms with van der Waals surface area (Å²) in [6.07, 6.45) is 0. The quantitative estimate of drug-likeness (QED) is 0.496. The number of cyclic esters (lactones) is 1. The van der Waals surface area contributed by atoms with Crippen LogP contribution in [0.25, 0.3) is 0 Å². The van der Waals surface area contributed by atoms with E-state index >= 15 is 0 Å². The topological polar surface area (TPSA) is 38.3 Å². The monoisotopic (exact) mass is 143 g/mol. The first-order chi connectivity index (χ1) is 4.52. The third-order valence-electron chi connectivity index (χ3n) is 1.58. The lowest BCUT2D eigenvalue weighted by atomic mass is 10.0. The largest absolute Gasteiger partial charge is 0.463 e. The highest BCUT2D eigenvalue weighted by Crippen LogP contribution is 2.11. The average Bonchev–Trinajstić information content (AvgIpc) is 1.78. The van der Waals surface area contributed by atoms with Gasteiger partial charge in [0, 0.05) is 6.04 Å². The van der Waals surface area contributed by atoms with E-state index in [9.17, 15) is 4.79 Å². The van der Waals surface area contributed by atoms with Crippen LogP contribution in [0.5, 0.6) is 0 Å². The van der Waals surface area contributed by atoms with Crippen LogP contribution in [0.3, 0.4) is 0 Å². The Bertz CT molecular complexity index is 154. The maximum absolute atomic E-state index is 11.0. The van der Waals surface area contributed by atoms with Crippen LogP contribution >= 0.6 is 0 Å². The molecule has 0 bridgehead atoms. The van der Waals surface area contributed by atoms with Gasteiger partial charge < -0.3 is 4.74 Å². The van der Waals surface area contributed by atoms with Gasteiger partial charge >= 0.3 is 5.97 Å². The maximum Gasteiger partial charge on any atom is 0.325 e. The van der Waals surface area contributed by atoms with Gasteiger partial charge in [-0.05, 0) is 20.8 Å². The van der Waals surface area contributed by atoms with E-state index in [0.717, 1.165) is 0 Å². The van der Waals surface area contributed by atoms with E-state index in [2.05, 4.69) is 5.32 Å². The van der Waals surface area contributed by atoms with Gasteiger partial charge in [-0.3, -0.25) is 10.1 Å². The zero-order valence-corrected chi connectivity index (χ0v) is 6.60. The molecule has 0 saturated carbocycles. The van der Waals surface area contributed by atoms with Gasteiger partial charge in [0.15, 0.2) is 0 Å². The Kier molecular flexibility index (Phi) is 1.68. The van der Waals surface area contributed by atoms with Crippen LogP contribution in [0.4, 0.5) is 0 Å². The number of hydrogen-bond donors (Lipinski definition) is 1. The van der Waals surface area contributed by atoms with Crippen molar-refractivity contribution in [2.24, 2.45) is 0 Å². The number of rotatable bonds is 0. The summed E-state index contributed by atoms with van der Waals surface area (Å²) in [4.78, 5) is 11.0. The SMILES string of the molecule is C[C@H]1COC(=O)C(C)(C)N1. The van der Waals surface area contributed by atoms with E-state index in [4.69, 9.17) is 4.74 Å². The van der Waals surface area contributed by atoms with Crippen LogP contribution in [0.2, 0.25) is 0 Å². The molecule has 0 aromatic carbocycles. The van der Waals surface area contributed by atoms with Crippen LogP contribution in [0, 0.1) is 0 Å². The molecule has 0 amide bonds. The number of morpholine rings is 1. The predicted octanol–water partition coefficient (Wildman–Crippen LogP) is 0.300. The molecule has 1 N–H and O–H groups in total. The molecule has 3 nitrogen and oxygen atoms in total. The zero-order valence-electron chi connectivity index (χ0n) is 6.60. The van der Waals surface area contributed by atoms with Crippen molar-refractivity contribution in [2.75, 3.05) is 6.61 Å². The predicted molar refractivity (Wildman–Crippen MR) is 37.6 cm³/mol. The van der Waals surface area contributed by atoms with Crippen LogP contribution in [0.15, 0.2) is 0 Å². The first-order valence-corrected chi connectivity index (χ1v) is 3.47. The van der Waals surface area contributed by atoms with Gasteiger partial charge in [0.05, 0.1) is 0 Å². The van der Waals surface area contributed by atoms with E-state index in [-0.39, 0.29) is 12.0 Å². The summed E-state index contributed by atoms with van der Waals surface area (Å²) in [6, 6.07) is 0.271. The van der Waals surface area contributed by atoms with Crippen LogP contribution in [-0.4, -0.2) is 24.2 Å². The highest BCUT2D eigenvalue weighted by molar-refractivity contribution is 5.80. The van der Waals surface area contributed by atoms with Crippen molar-refractivity contribution in [3.63, 3.8) is 0 Å². The second-order valence-electron chi connectivity index (χ2n) is 3.27. The minimum atomic E-state index is -0.502. The fraction of sp³-hybridized carbons (Fsp3) is 0.857. The Balaban J connectivity index is 2.63. The van der Waals surface area contributed by atoms with Crippen molar-refractivity contribution in [1.82, 2.24) is 5.32 Å². The lowest BCUT2D eigenvalue weighted by molar-refractivity contribution is -0.156. The van der Waals surface area contributed by atoms with E-state index in [1.165, 1.54) is 0 Å². The molecule has 0 unspecified atom stereocenters. The number of carbonyl (C=O) groups excluding carboxylic acids is 1. The van der Waals surface area contributed by atoms with Gasteiger partial charge in [-0.15, -0.1) is 0 Å². The van der Waals surface area contributed by atoms with Gasteiger partial charge in [-0.2, -0.15) is 0 Å². The molecule has 1 rings (SSSR count).